The predicted molar refractivity (Wildman–Crippen MR) is 73.4 cm³/mol. The van der Waals surface area contributed by atoms with E-state index in [0.717, 1.165) is 19.5 Å². The van der Waals surface area contributed by atoms with Crippen molar-refractivity contribution in [1.29, 1.82) is 0 Å². The lowest BCUT2D eigenvalue weighted by molar-refractivity contribution is 0.0941. The lowest BCUT2D eigenvalue weighted by atomic mass is 10.1. The molecule has 0 spiro atoms. The molecule has 3 N–H and O–H groups in total. The van der Waals surface area contributed by atoms with Gasteiger partial charge in [0.15, 0.2) is 0 Å². The Morgan fingerprint density at radius 2 is 2.28 bits per heavy atom. The van der Waals surface area contributed by atoms with Gasteiger partial charge in [-0.2, -0.15) is 0 Å². The number of nitrogens with one attached hydrogen (secondary N) is 1. The number of nitrogen functional groups attached to an aromatic ring is 1. The first-order valence-corrected chi connectivity index (χ1v) is 6.68. The van der Waals surface area contributed by atoms with E-state index in [1.54, 1.807) is 6.07 Å². The zero-order valence-electron chi connectivity index (χ0n) is 11.5. The molecule has 4 heteroatoms. The number of rotatable bonds is 5. The van der Waals surface area contributed by atoms with Crippen LogP contribution in [-0.2, 0) is 6.54 Å². The van der Waals surface area contributed by atoms with Crippen LogP contribution in [0.2, 0.25) is 0 Å². The van der Waals surface area contributed by atoms with Gasteiger partial charge in [-0.1, -0.05) is 20.8 Å². The Labute approximate surface area is 109 Å². The maximum absolute atomic E-state index is 12.1. The maximum Gasteiger partial charge on any atom is 0.267 e. The molecule has 0 radical (unpaired) electrons. The summed E-state index contributed by atoms with van der Waals surface area (Å²) in [4.78, 5) is 12.1. The Morgan fingerprint density at radius 1 is 1.61 bits per heavy atom. The average Bonchev–Trinajstić information content (AvgIpc) is 2.71. The zero-order valence-corrected chi connectivity index (χ0v) is 11.5. The summed E-state index contributed by atoms with van der Waals surface area (Å²) in [6, 6.07) is 1.75. The lowest BCUT2D eigenvalue weighted by Gasteiger charge is -2.09. The van der Waals surface area contributed by atoms with Gasteiger partial charge in [0.05, 0.1) is 5.69 Å². The highest BCUT2D eigenvalue weighted by molar-refractivity contribution is 5.93. The zero-order chi connectivity index (χ0) is 13.3. The minimum atomic E-state index is -0.0112. The fraction of sp³-hybridized carbons (Fsp3) is 0.643. The molecule has 0 bridgehead atoms. The predicted octanol–water partition coefficient (Wildman–Crippen LogP) is 2.26. The van der Waals surface area contributed by atoms with Crippen LogP contribution in [0.5, 0.6) is 0 Å². The molecule has 1 fully saturated rings. The molecule has 0 aromatic carbocycles. The number of hydrogen-bond acceptors (Lipinski definition) is 2. The van der Waals surface area contributed by atoms with E-state index in [9.17, 15) is 4.79 Å². The van der Waals surface area contributed by atoms with Gasteiger partial charge in [-0.25, -0.2) is 0 Å². The number of hydrogen-bond donors (Lipinski definition) is 2. The molecule has 2 rings (SSSR count). The second kappa shape index (κ2) is 4.67. The second-order valence-electron chi connectivity index (χ2n) is 5.95. The van der Waals surface area contributed by atoms with E-state index in [4.69, 9.17) is 5.73 Å². The van der Waals surface area contributed by atoms with Crippen LogP contribution in [-0.4, -0.2) is 17.0 Å². The van der Waals surface area contributed by atoms with E-state index >= 15 is 0 Å². The third kappa shape index (κ3) is 2.68. The molecule has 0 saturated heterocycles. The van der Waals surface area contributed by atoms with Crippen molar-refractivity contribution in [3.05, 3.63) is 18.0 Å². The number of aromatic nitrogens is 1. The summed E-state index contributed by atoms with van der Waals surface area (Å²) in [5.41, 5.74) is 7.49. The molecular weight excluding hydrogens is 226 g/mol. The molecule has 0 aliphatic heterocycles. The van der Waals surface area contributed by atoms with Gasteiger partial charge in [0, 0.05) is 19.3 Å². The van der Waals surface area contributed by atoms with Gasteiger partial charge in [0.2, 0.25) is 0 Å². The van der Waals surface area contributed by atoms with Crippen LogP contribution in [0.15, 0.2) is 12.3 Å². The molecule has 1 aliphatic carbocycles. The largest absolute Gasteiger partial charge is 0.397 e. The summed E-state index contributed by atoms with van der Waals surface area (Å²) in [7, 11) is 0. The molecule has 100 valence electrons. The highest BCUT2D eigenvalue weighted by Crippen LogP contribution is 2.50. The van der Waals surface area contributed by atoms with Gasteiger partial charge < -0.3 is 15.6 Å². The molecule has 1 amide bonds. The van der Waals surface area contributed by atoms with Gasteiger partial charge in [-0.05, 0) is 30.2 Å². The number of nitrogens with two attached hydrogens (primary N) is 1. The maximum atomic E-state index is 12.1. The first kappa shape index (κ1) is 13.0. The Bertz CT molecular complexity index is 448. The van der Waals surface area contributed by atoms with Crippen LogP contribution in [0.3, 0.4) is 0 Å². The van der Waals surface area contributed by atoms with Crippen LogP contribution in [0, 0.1) is 11.3 Å². The van der Waals surface area contributed by atoms with Crippen LogP contribution in [0.1, 0.15) is 44.1 Å². The summed E-state index contributed by atoms with van der Waals surface area (Å²) in [5.74, 6) is 0.608. The Kier molecular flexibility index (Phi) is 3.37. The number of carbonyl (C=O) groups excluding carboxylic acids is 1. The van der Waals surface area contributed by atoms with Crippen molar-refractivity contribution < 1.29 is 4.79 Å². The highest BCUT2D eigenvalue weighted by Gasteiger charge is 2.45. The minimum absolute atomic E-state index is 0.0112. The molecule has 1 aromatic rings. The van der Waals surface area contributed by atoms with Crippen molar-refractivity contribution in [2.75, 3.05) is 12.3 Å². The Balaban J connectivity index is 1.96. The van der Waals surface area contributed by atoms with Gasteiger partial charge in [-0.3, -0.25) is 4.79 Å². The molecule has 1 atom stereocenters. The average molecular weight is 249 g/mol. The number of anilines is 1. The van der Waals surface area contributed by atoms with Crippen molar-refractivity contribution >= 4 is 11.6 Å². The van der Waals surface area contributed by atoms with Crippen LogP contribution >= 0.6 is 0 Å². The van der Waals surface area contributed by atoms with Crippen LogP contribution in [0.4, 0.5) is 5.69 Å². The molecule has 4 nitrogen and oxygen atoms in total. The van der Waals surface area contributed by atoms with E-state index < -0.39 is 0 Å². The third-order valence-corrected chi connectivity index (χ3v) is 3.84. The first-order valence-electron chi connectivity index (χ1n) is 6.68. The highest BCUT2D eigenvalue weighted by atomic mass is 16.1. The van der Waals surface area contributed by atoms with Gasteiger partial charge >= 0.3 is 0 Å². The molecule has 1 aromatic heterocycles. The molecule has 1 aliphatic rings. The molecule has 1 heterocycles. The van der Waals surface area contributed by atoms with Crippen LogP contribution < -0.4 is 11.1 Å². The second-order valence-corrected chi connectivity index (χ2v) is 5.95. The van der Waals surface area contributed by atoms with Crippen molar-refractivity contribution in [3.8, 4) is 0 Å². The Hall–Kier alpha value is -1.45. The number of amides is 1. The van der Waals surface area contributed by atoms with E-state index in [1.165, 1.54) is 6.42 Å². The third-order valence-electron chi connectivity index (χ3n) is 3.84. The van der Waals surface area contributed by atoms with Gasteiger partial charge in [0.25, 0.3) is 5.91 Å². The van der Waals surface area contributed by atoms with Crippen molar-refractivity contribution in [1.82, 2.24) is 9.88 Å². The minimum Gasteiger partial charge on any atom is -0.397 e. The molecule has 1 unspecified atom stereocenters. The number of aryl methyl sites for hydroxylation is 1. The lowest BCUT2D eigenvalue weighted by Crippen LogP contribution is -2.28. The number of carbonyl (C=O) groups is 1. The summed E-state index contributed by atoms with van der Waals surface area (Å²) in [6.07, 6.45) is 4.02. The quantitative estimate of drug-likeness (QED) is 0.841. The van der Waals surface area contributed by atoms with Gasteiger partial charge in [-0.15, -0.1) is 0 Å². The number of nitrogens with zero attached hydrogens (tertiary/aromatic N) is 1. The fourth-order valence-electron chi connectivity index (χ4n) is 2.38. The summed E-state index contributed by atoms with van der Waals surface area (Å²) in [6.45, 7) is 8.16. The SMILES string of the molecule is CCCn1cc(N)cc1C(=O)NCC1CC1(C)C. The topological polar surface area (TPSA) is 60.0 Å². The standard InChI is InChI=1S/C14H23N3O/c1-4-5-17-9-11(15)6-12(17)13(18)16-8-10-7-14(10,2)3/h6,9-10H,4-5,7-8,15H2,1-3H3,(H,16,18). The molecule has 18 heavy (non-hydrogen) atoms. The summed E-state index contributed by atoms with van der Waals surface area (Å²) < 4.78 is 1.93. The van der Waals surface area contributed by atoms with Crippen molar-refractivity contribution in [2.45, 2.75) is 40.2 Å². The monoisotopic (exact) mass is 249 g/mol. The van der Waals surface area contributed by atoms with E-state index in [0.29, 0.717) is 22.7 Å². The molecule has 1 saturated carbocycles. The smallest absolute Gasteiger partial charge is 0.267 e. The van der Waals surface area contributed by atoms with Crippen molar-refractivity contribution in [2.24, 2.45) is 11.3 Å². The van der Waals surface area contributed by atoms with Crippen molar-refractivity contribution in [3.63, 3.8) is 0 Å². The van der Waals surface area contributed by atoms with Crippen LogP contribution in [0.25, 0.3) is 0 Å². The Morgan fingerprint density at radius 3 is 2.83 bits per heavy atom. The van der Waals surface area contributed by atoms with E-state index in [1.807, 2.05) is 10.8 Å². The molecular formula is C14H23N3O. The van der Waals surface area contributed by atoms with E-state index in [-0.39, 0.29) is 5.91 Å². The summed E-state index contributed by atoms with van der Waals surface area (Å²) in [5, 5.41) is 3.01. The van der Waals surface area contributed by atoms with E-state index in [2.05, 4.69) is 26.1 Å². The first-order chi connectivity index (χ1) is 8.44. The van der Waals surface area contributed by atoms with Gasteiger partial charge in [0.1, 0.15) is 5.69 Å². The fourth-order valence-corrected chi connectivity index (χ4v) is 2.38. The summed E-state index contributed by atoms with van der Waals surface area (Å²) >= 11 is 0. The normalized spacial score (nSPS) is 20.7.